The molecule has 0 radical (unpaired) electrons. The van der Waals surface area contributed by atoms with E-state index in [0.717, 1.165) is 12.1 Å². The van der Waals surface area contributed by atoms with E-state index in [2.05, 4.69) is 36.3 Å². The number of aliphatic imine (C=N–C) groups is 1. The molecule has 1 aromatic carbocycles. The van der Waals surface area contributed by atoms with Crippen LogP contribution in [0.4, 0.5) is 5.69 Å². The minimum absolute atomic E-state index is 0. The number of guanidine groups is 1. The molecule has 1 aliphatic rings. The number of rotatable bonds is 2. The highest BCUT2D eigenvalue weighted by atomic mass is 127. The predicted molar refractivity (Wildman–Crippen MR) is 84.0 cm³/mol. The third-order valence-corrected chi connectivity index (χ3v) is 3.17. The quantitative estimate of drug-likeness (QED) is 0.492. The van der Waals surface area contributed by atoms with E-state index in [1.165, 1.54) is 12.0 Å². The van der Waals surface area contributed by atoms with Gasteiger partial charge in [-0.1, -0.05) is 19.1 Å². The molecule has 0 aliphatic heterocycles. The summed E-state index contributed by atoms with van der Waals surface area (Å²) in [5.41, 5.74) is 8.09. The second-order valence-corrected chi connectivity index (χ2v) is 4.63. The van der Waals surface area contributed by atoms with Crippen molar-refractivity contribution in [2.24, 2.45) is 16.6 Å². The van der Waals surface area contributed by atoms with Gasteiger partial charge in [-0.05, 0) is 43.4 Å². The van der Waals surface area contributed by atoms with Crippen LogP contribution in [0, 0.1) is 12.8 Å². The second-order valence-electron chi connectivity index (χ2n) is 4.63. The van der Waals surface area contributed by atoms with Crippen molar-refractivity contribution < 1.29 is 0 Å². The molecule has 94 valence electrons. The molecular formula is C13H20IN3. The van der Waals surface area contributed by atoms with Crippen LogP contribution in [0.5, 0.6) is 0 Å². The molecule has 1 aromatic rings. The maximum Gasteiger partial charge on any atom is 0.193 e. The number of halogens is 1. The van der Waals surface area contributed by atoms with Crippen molar-refractivity contribution in [3.8, 4) is 0 Å². The van der Waals surface area contributed by atoms with Gasteiger partial charge in [0.15, 0.2) is 5.96 Å². The van der Waals surface area contributed by atoms with E-state index in [0.29, 0.717) is 17.9 Å². The van der Waals surface area contributed by atoms with Crippen LogP contribution in [0.25, 0.3) is 0 Å². The number of hydrogen-bond acceptors (Lipinski definition) is 1. The van der Waals surface area contributed by atoms with Gasteiger partial charge in [0.1, 0.15) is 0 Å². The van der Waals surface area contributed by atoms with Crippen molar-refractivity contribution in [1.82, 2.24) is 0 Å². The Morgan fingerprint density at radius 2 is 2.18 bits per heavy atom. The summed E-state index contributed by atoms with van der Waals surface area (Å²) in [5, 5.41) is 3.13. The van der Waals surface area contributed by atoms with Crippen molar-refractivity contribution in [1.29, 1.82) is 0 Å². The summed E-state index contributed by atoms with van der Waals surface area (Å²) in [6, 6.07) is 8.55. The fourth-order valence-corrected chi connectivity index (χ4v) is 1.92. The Balaban J connectivity index is 0.00000144. The lowest BCUT2D eigenvalue weighted by Gasteiger charge is -2.30. The van der Waals surface area contributed by atoms with Gasteiger partial charge in [0.25, 0.3) is 0 Å². The van der Waals surface area contributed by atoms with Crippen LogP contribution in [-0.2, 0) is 0 Å². The summed E-state index contributed by atoms with van der Waals surface area (Å²) < 4.78 is 0. The van der Waals surface area contributed by atoms with Crippen molar-refractivity contribution in [3.63, 3.8) is 0 Å². The first-order chi connectivity index (χ1) is 7.65. The van der Waals surface area contributed by atoms with Gasteiger partial charge in [-0.3, -0.25) is 0 Å². The zero-order valence-corrected chi connectivity index (χ0v) is 12.6. The van der Waals surface area contributed by atoms with E-state index in [-0.39, 0.29) is 24.0 Å². The topological polar surface area (TPSA) is 50.4 Å². The predicted octanol–water partition coefficient (Wildman–Crippen LogP) is 3.14. The third kappa shape index (κ3) is 3.87. The number of anilines is 1. The molecule has 1 saturated carbocycles. The molecule has 1 fully saturated rings. The van der Waals surface area contributed by atoms with Gasteiger partial charge < -0.3 is 11.1 Å². The Kier molecular flexibility index (Phi) is 5.24. The maximum atomic E-state index is 5.87. The summed E-state index contributed by atoms with van der Waals surface area (Å²) in [6.45, 7) is 4.28. The summed E-state index contributed by atoms with van der Waals surface area (Å²) in [6.07, 6.45) is 2.43. The van der Waals surface area contributed by atoms with Gasteiger partial charge in [0, 0.05) is 5.69 Å². The molecule has 3 N–H and O–H groups in total. The van der Waals surface area contributed by atoms with Crippen LogP contribution < -0.4 is 11.1 Å². The number of nitrogens with zero attached hydrogens (tertiary/aromatic N) is 1. The molecule has 0 heterocycles. The summed E-state index contributed by atoms with van der Waals surface area (Å²) in [7, 11) is 0. The highest BCUT2D eigenvalue weighted by Gasteiger charge is 2.26. The molecule has 0 spiro atoms. The number of aryl methyl sites for hydroxylation is 1. The van der Waals surface area contributed by atoms with Gasteiger partial charge in [-0.25, -0.2) is 4.99 Å². The molecule has 0 amide bonds. The summed E-state index contributed by atoms with van der Waals surface area (Å²) in [5.74, 6) is 1.21. The lowest BCUT2D eigenvalue weighted by molar-refractivity contribution is 0.284. The standard InChI is InChI=1S/C13H19N3.HI/c1-9-4-3-5-11(8-9)15-13(14)16-12-7-6-10(12)2;/h3-5,8,10,12H,6-7H2,1-2H3,(H3,14,15,16);1H. The Hall–Kier alpha value is -0.780. The molecule has 4 heteroatoms. The average molecular weight is 345 g/mol. The normalized spacial score (nSPS) is 23.5. The summed E-state index contributed by atoms with van der Waals surface area (Å²) in [4.78, 5) is 4.47. The Labute approximate surface area is 120 Å². The Bertz CT molecular complexity index is 403. The van der Waals surface area contributed by atoms with E-state index in [1.807, 2.05) is 12.1 Å². The van der Waals surface area contributed by atoms with E-state index in [9.17, 15) is 0 Å². The fraction of sp³-hybridized carbons (Fsp3) is 0.462. The first kappa shape index (κ1) is 14.3. The molecule has 2 rings (SSSR count). The van der Waals surface area contributed by atoms with Crippen molar-refractivity contribution in [2.75, 3.05) is 5.32 Å². The van der Waals surface area contributed by atoms with Crippen molar-refractivity contribution >= 4 is 35.6 Å². The van der Waals surface area contributed by atoms with Gasteiger partial charge in [-0.2, -0.15) is 0 Å². The number of nitrogens with two attached hydrogens (primary N) is 1. The van der Waals surface area contributed by atoms with Gasteiger partial charge in [0.05, 0.1) is 6.04 Å². The van der Waals surface area contributed by atoms with Crippen LogP contribution in [0.2, 0.25) is 0 Å². The smallest absolute Gasteiger partial charge is 0.193 e. The molecule has 0 aromatic heterocycles. The van der Waals surface area contributed by atoms with Crippen LogP contribution in [0.1, 0.15) is 25.3 Å². The van der Waals surface area contributed by atoms with Gasteiger partial charge >= 0.3 is 0 Å². The van der Waals surface area contributed by atoms with Crippen LogP contribution in [0.15, 0.2) is 29.3 Å². The average Bonchev–Trinajstić information content (AvgIpc) is 2.24. The van der Waals surface area contributed by atoms with Gasteiger partial charge in [0.2, 0.25) is 0 Å². The van der Waals surface area contributed by atoms with Crippen molar-refractivity contribution in [2.45, 2.75) is 32.7 Å². The van der Waals surface area contributed by atoms with E-state index in [4.69, 9.17) is 5.73 Å². The second kappa shape index (κ2) is 6.23. The van der Waals surface area contributed by atoms with Crippen molar-refractivity contribution in [3.05, 3.63) is 29.8 Å². The molecule has 3 nitrogen and oxygen atoms in total. The van der Waals surface area contributed by atoms with Crippen LogP contribution in [-0.4, -0.2) is 12.0 Å². The zero-order chi connectivity index (χ0) is 11.5. The highest BCUT2D eigenvalue weighted by molar-refractivity contribution is 14.0. The molecular weight excluding hydrogens is 325 g/mol. The zero-order valence-electron chi connectivity index (χ0n) is 10.3. The number of benzene rings is 1. The summed E-state index contributed by atoms with van der Waals surface area (Å²) >= 11 is 0. The first-order valence-electron chi connectivity index (χ1n) is 5.82. The minimum Gasteiger partial charge on any atom is -0.370 e. The van der Waals surface area contributed by atoms with Crippen LogP contribution in [0.3, 0.4) is 0 Å². The minimum atomic E-state index is 0. The lowest BCUT2D eigenvalue weighted by Crippen LogP contribution is -2.32. The molecule has 2 atom stereocenters. The Morgan fingerprint density at radius 3 is 2.71 bits per heavy atom. The maximum absolute atomic E-state index is 5.87. The number of nitrogens with one attached hydrogen (secondary N) is 1. The third-order valence-electron chi connectivity index (χ3n) is 3.17. The van der Waals surface area contributed by atoms with Gasteiger partial charge in [-0.15, -0.1) is 24.0 Å². The van der Waals surface area contributed by atoms with E-state index < -0.39 is 0 Å². The SMILES string of the molecule is Cc1cccc(NC(N)=NC2CCC2C)c1.I. The fourth-order valence-electron chi connectivity index (χ4n) is 1.92. The monoisotopic (exact) mass is 345 g/mol. The molecule has 0 bridgehead atoms. The molecule has 0 saturated heterocycles. The van der Waals surface area contributed by atoms with E-state index >= 15 is 0 Å². The van der Waals surface area contributed by atoms with E-state index in [1.54, 1.807) is 0 Å². The molecule has 2 unspecified atom stereocenters. The lowest BCUT2D eigenvalue weighted by atomic mass is 9.82. The molecule has 1 aliphatic carbocycles. The van der Waals surface area contributed by atoms with Crippen LogP contribution >= 0.6 is 24.0 Å². The highest BCUT2D eigenvalue weighted by Crippen LogP contribution is 2.29. The molecule has 17 heavy (non-hydrogen) atoms. The number of hydrogen-bond donors (Lipinski definition) is 2. The largest absolute Gasteiger partial charge is 0.370 e. The first-order valence-corrected chi connectivity index (χ1v) is 5.82. The Morgan fingerprint density at radius 1 is 1.41 bits per heavy atom.